The fourth-order valence-corrected chi connectivity index (χ4v) is 4.44. The fraction of sp³-hybridized carbons (Fsp3) is 0.462. The monoisotopic (exact) mass is 451 g/mol. The largest absolute Gasteiger partial charge is 0.483 e. The summed E-state index contributed by atoms with van der Waals surface area (Å²) in [6.07, 6.45) is 15.4. The first-order valence-electron chi connectivity index (χ1n) is 11.7. The van der Waals surface area contributed by atoms with Crippen LogP contribution >= 0.6 is 9.24 Å². The minimum Gasteiger partial charge on any atom is -0.483 e. The molecule has 0 bridgehead atoms. The summed E-state index contributed by atoms with van der Waals surface area (Å²) in [6.45, 7) is 5.22. The summed E-state index contributed by atoms with van der Waals surface area (Å²) in [5.41, 5.74) is 4.80. The lowest BCUT2D eigenvalue weighted by atomic mass is 10.0. The van der Waals surface area contributed by atoms with Gasteiger partial charge in [0.15, 0.2) is 0 Å². The SMILES string of the molecule is C\C=C(P)/C(=C\C(=C\CC)C1CC1)c1cc2n(n1)CCCCC2Oc1ccc(OC)nc1. The van der Waals surface area contributed by atoms with E-state index in [-0.39, 0.29) is 6.10 Å². The van der Waals surface area contributed by atoms with E-state index in [9.17, 15) is 0 Å². The quantitative estimate of drug-likeness (QED) is 0.340. The van der Waals surface area contributed by atoms with Crippen LogP contribution in [0, 0.1) is 5.92 Å². The summed E-state index contributed by atoms with van der Waals surface area (Å²) in [6, 6.07) is 5.98. The Morgan fingerprint density at radius 2 is 2.09 bits per heavy atom. The number of aromatic nitrogens is 3. The van der Waals surface area contributed by atoms with E-state index in [1.807, 2.05) is 12.1 Å². The molecule has 2 aromatic heterocycles. The fourth-order valence-electron chi connectivity index (χ4n) is 4.20. The third-order valence-corrected chi connectivity index (χ3v) is 6.77. The Kier molecular flexibility index (Phi) is 7.47. The highest BCUT2D eigenvalue weighted by Gasteiger charge is 2.27. The average Bonchev–Trinajstić information content (AvgIpc) is 3.61. The molecule has 0 spiro atoms. The molecule has 3 heterocycles. The van der Waals surface area contributed by atoms with Gasteiger partial charge in [-0.15, -0.1) is 9.24 Å². The van der Waals surface area contributed by atoms with Gasteiger partial charge in [0.05, 0.1) is 24.7 Å². The van der Waals surface area contributed by atoms with E-state index in [0.29, 0.717) is 11.8 Å². The van der Waals surface area contributed by atoms with Gasteiger partial charge in [-0.05, 0) is 80.5 Å². The van der Waals surface area contributed by atoms with Gasteiger partial charge in [0.1, 0.15) is 11.9 Å². The van der Waals surface area contributed by atoms with Crippen molar-refractivity contribution >= 4 is 14.8 Å². The Hall–Kier alpha value is -2.39. The highest BCUT2D eigenvalue weighted by atomic mass is 31.0. The summed E-state index contributed by atoms with van der Waals surface area (Å²) in [5, 5.41) is 6.22. The molecule has 2 unspecified atom stereocenters. The number of hydrogen-bond donors (Lipinski definition) is 0. The molecule has 0 N–H and O–H groups in total. The van der Waals surface area contributed by atoms with Crippen LogP contribution in [-0.4, -0.2) is 21.9 Å². The lowest BCUT2D eigenvalue weighted by molar-refractivity contribution is 0.187. The average molecular weight is 452 g/mol. The van der Waals surface area contributed by atoms with Gasteiger partial charge < -0.3 is 9.47 Å². The molecule has 1 aliphatic heterocycles. The van der Waals surface area contributed by atoms with Gasteiger partial charge in [0.25, 0.3) is 0 Å². The standard InChI is InChI=1S/C26H34N3O2P/c1-4-8-19(18-10-11-18)15-21(25(32)5-2)22-16-23-24(9-6-7-14-29(23)28-22)31-20-12-13-26(30-3)27-17-20/h5,8,12-13,15-18,24H,4,6-7,9-11,14,32H2,1-3H3/b19-8-,21-15-,25-5+. The van der Waals surface area contributed by atoms with Crippen LogP contribution in [0.15, 0.2) is 53.5 Å². The predicted molar refractivity (Wildman–Crippen MR) is 133 cm³/mol. The lowest BCUT2D eigenvalue weighted by Crippen LogP contribution is -2.11. The molecule has 1 saturated carbocycles. The van der Waals surface area contributed by atoms with Gasteiger partial charge in [0, 0.05) is 18.2 Å². The first-order chi connectivity index (χ1) is 15.6. The number of allylic oxidation sites excluding steroid dienone is 6. The van der Waals surface area contributed by atoms with Gasteiger partial charge in [0.2, 0.25) is 5.88 Å². The van der Waals surface area contributed by atoms with E-state index in [1.165, 1.54) is 29.3 Å². The molecule has 4 rings (SSSR count). The Morgan fingerprint density at radius 3 is 2.75 bits per heavy atom. The topological polar surface area (TPSA) is 49.2 Å². The van der Waals surface area contributed by atoms with Crippen molar-refractivity contribution < 1.29 is 9.47 Å². The minimum absolute atomic E-state index is 0.0390. The molecular formula is C26H34N3O2P. The van der Waals surface area contributed by atoms with Crippen molar-refractivity contribution in [1.82, 2.24) is 14.8 Å². The zero-order valence-electron chi connectivity index (χ0n) is 19.4. The summed E-state index contributed by atoms with van der Waals surface area (Å²) >= 11 is 0. The highest BCUT2D eigenvalue weighted by Crippen LogP contribution is 2.41. The Labute approximate surface area is 193 Å². The first kappa shape index (κ1) is 22.8. The number of nitrogens with zero attached hydrogens (tertiary/aromatic N) is 3. The van der Waals surface area contributed by atoms with E-state index < -0.39 is 0 Å². The van der Waals surface area contributed by atoms with E-state index >= 15 is 0 Å². The molecule has 0 radical (unpaired) electrons. The Morgan fingerprint density at radius 1 is 1.25 bits per heavy atom. The number of fused-ring (bicyclic) bond motifs is 1. The van der Waals surface area contributed by atoms with Crippen LogP contribution in [0.1, 0.15) is 69.9 Å². The first-order valence-corrected chi connectivity index (χ1v) is 12.3. The smallest absolute Gasteiger partial charge is 0.213 e. The number of ether oxygens (including phenoxy) is 2. The second-order valence-corrected chi connectivity index (χ2v) is 9.13. The third-order valence-electron chi connectivity index (χ3n) is 6.12. The zero-order valence-corrected chi connectivity index (χ0v) is 20.5. The minimum atomic E-state index is -0.0390. The predicted octanol–water partition coefficient (Wildman–Crippen LogP) is 6.50. The van der Waals surface area contributed by atoms with Crippen molar-refractivity contribution in [2.24, 2.45) is 5.92 Å². The maximum atomic E-state index is 6.38. The lowest BCUT2D eigenvalue weighted by Gasteiger charge is -2.17. The van der Waals surface area contributed by atoms with Crippen LogP contribution in [0.3, 0.4) is 0 Å². The molecule has 2 aromatic rings. The molecule has 32 heavy (non-hydrogen) atoms. The van der Waals surface area contributed by atoms with Gasteiger partial charge in [-0.25, -0.2) is 4.98 Å². The number of rotatable bonds is 8. The summed E-state index contributed by atoms with van der Waals surface area (Å²) < 4.78 is 13.7. The van der Waals surface area contributed by atoms with Crippen LogP contribution in [-0.2, 0) is 6.54 Å². The number of hydrogen-bond acceptors (Lipinski definition) is 4. The molecule has 0 amide bonds. The maximum Gasteiger partial charge on any atom is 0.213 e. The van der Waals surface area contributed by atoms with Crippen molar-refractivity contribution in [2.75, 3.05) is 7.11 Å². The van der Waals surface area contributed by atoms with Crippen molar-refractivity contribution in [2.45, 2.75) is 65.0 Å². The molecule has 1 aliphatic carbocycles. The highest BCUT2D eigenvalue weighted by molar-refractivity contribution is 7.24. The normalized spacial score (nSPS) is 20.0. The zero-order chi connectivity index (χ0) is 22.5. The molecular weight excluding hydrogens is 417 g/mol. The molecule has 2 aliphatic rings. The summed E-state index contributed by atoms with van der Waals surface area (Å²) in [5.74, 6) is 2.05. The Bertz CT molecular complexity index is 1020. The van der Waals surface area contributed by atoms with Crippen LogP contribution in [0.5, 0.6) is 11.6 Å². The number of aryl methyl sites for hydroxylation is 1. The van der Waals surface area contributed by atoms with E-state index in [4.69, 9.17) is 14.6 Å². The second kappa shape index (κ2) is 10.5. The summed E-state index contributed by atoms with van der Waals surface area (Å²) in [7, 11) is 4.52. The molecule has 1 fully saturated rings. The van der Waals surface area contributed by atoms with E-state index in [1.54, 1.807) is 13.3 Å². The van der Waals surface area contributed by atoms with Crippen molar-refractivity contribution in [3.63, 3.8) is 0 Å². The Balaban J connectivity index is 1.67. The molecule has 5 nitrogen and oxygen atoms in total. The van der Waals surface area contributed by atoms with E-state index in [0.717, 1.165) is 49.4 Å². The molecule has 6 heteroatoms. The van der Waals surface area contributed by atoms with Gasteiger partial charge >= 0.3 is 0 Å². The number of pyridine rings is 1. The van der Waals surface area contributed by atoms with Crippen LogP contribution < -0.4 is 9.47 Å². The van der Waals surface area contributed by atoms with Gasteiger partial charge in [-0.2, -0.15) is 5.10 Å². The number of methoxy groups -OCH3 is 1. The molecule has 0 aromatic carbocycles. The molecule has 0 saturated heterocycles. The van der Waals surface area contributed by atoms with Crippen molar-refractivity contribution in [3.8, 4) is 11.6 Å². The molecule has 170 valence electrons. The van der Waals surface area contributed by atoms with Gasteiger partial charge in [-0.1, -0.05) is 19.1 Å². The van der Waals surface area contributed by atoms with Crippen LogP contribution in [0.2, 0.25) is 0 Å². The maximum absolute atomic E-state index is 6.38. The van der Waals surface area contributed by atoms with E-state index in [2.05, 4.69) is 57.0 Å². The van der Waals surface area contributed by atoms with Crippen LogP contribution in [0.25, 0.3) is 5.57 Å². The van der Waals surface area contributed by atoms with Crippen molar-refractivity contribution in [3.05, 3.63) is 64.9 Å². The van der Waals surface area contributed by atoms with Crippen molar-refractivity contribution in [1.29, 1.82) is 0 Å². The van der Waals surface area contributed by atoms with Gasteiger partial charge in [-0.3, -0.25) is 4.68 Å². The molecule has 2 atom stereocenters. The van der Waals surface area contributed by atoms with Crippen LogP contribution in [0.4, 0.5) is 0 Å². The third kappa shape index (κ3) is 5.32. The second-order valence-electron chi connectivity index (χ2n) is 8.50. The summed E-state index contributed by atoms with van der Waals surface area (Å²) in [4.78, 5) is 4.29.